The van der Waals surface area contributed by atoms with Crippen LogP contribution < -0.4 is 15.0 Å². The predicted molar refractivity (Wildman–Crippen MR) is 90.3 cm³/mol. The molecule has 0 atom stereocenters. The first-order valence-electron chi connectivity index (χ1n) is 8.36. The van der Waals surface area contributed by atoms with Crippen molar-refractivity contribution < 1.29 is 4.74 Å². The molecule has 0 spiro atoms. The molecule has 3 heteroatoms. The number of ether oxygens (including phenoxy) is 1. The van der Waals surface area contributed by atoms with Gasteiger partial charge in [-0.1, -0.05) is 32.3 Å². The van der Waals surface area contributed by atoms with Gasteiger partial charge in [0.15, 0.2) is 0 Å². The van der Waals surface area contributed by atoms with Crippen LogP contribution in [0, 0.1) is 0 Å². The maximum absolute atomic E-state index is 5.59. The van der Waals surface area contributed by atoms with Gasteiger partial charge in [-0.25, -0.2) is 0 Å². The smallest absolute Gasteiger partial charge is 0.142 e. The fourth-order valence-corrected chi connectivity index (χ4v) is 3.06. The minimum atomic E-state index is 0.711. The third-order valence-electron chi connectivity index (χ3n) is 4.45. The first-order valence-corrected chi connectivity index (χ1v) is 8.36. The fraction of sp³-hybridized carbons (Fsp3) is 0.667. The van der Waals surface area contributed by atoms with Crippen LogP contribution in [-0.2, 0) is 6.54 Å². The zero-order valence-corrected chi connectivity index (χ0v) is 13.8. The lowest BCUT2D eigenvalue weighted by Crippen LogP contribution is -2.25. The molecule has 1 fully saturated rings. The lowest BCUT2D eigenvalue weighted by atomic mass is 10.1. The Bertz CT molecular complexity index is 427. The molecule has 0 radical (unpaired) electrons. The van der Waals surface area contributed by atoms with Crippen LogP contribution in [0.3, 0.4) is 0 Å². The van der Waals surface area contributed by atoms with Crippen LogP contribution in [0.2, 0.25) is 0 Å². The van der Waals surface area contributed by atoms with Crippen molar-refractivity contribution in [3.8, 4) is 5.75 Å². The van der Waals surface area contributed by atoms with E-state index in [-0.39, 0.29) is 0 Å². The molecule has 1 aliphatic carbocycles. The SMILES string of the molecule is CCCCN(C)c1ccc(CNC2CCCC2)cc1OC. The van der Waals surface area contributed by atoms with Crippen LogP contribution in [-0.4, -0.2) is 26.7 Å². The van der Waals surface area contributed by atoms with Gasteiger partial charge < -0.3 is 15.0 Å². The Labute approximate surface area is 129 Å². The Morgan fingerprint density at radius 1 is 1.29 bits per heavy atom. The Morgan fingerprint density at radius 3 is 2.71 bits per heavy atom. The Balaban J connectivity index is 1.97. The van der Waals surface area contributed by atoms with Crippen molar-refractivity contribution in [2.45, 2.75) is 58.0 Å². The molecule has 0 aliphatic heterocycles. The van der Waals surface area contributed by atoms with E-state index < -0.39 is 0 Å². The molecule has 0 amide bonds. The Hall–Kier alpha value is -1.22. The molecule has 0 aromatic heterocycles. The summed E-state index contributed by atoms with van der Waals surface area (Å²) in [5.41, 5.74) is 2.50. The van der Waals surface area contributed by atoms with E-state index in [1.165, 1.54) is 49.8 Å². The molecule has 0 saturated heterocycles. The van der Waals surface area contributed by atoms with E-state index in [2.05, 4.69) is 42.4 Å². The molecule has 21 heavy (non-hydrogen) atoms. The maximum atomic E-state index is 5.59. The number of hydrogen-bond acceptors (Lipinski definition) is 3. The first kappa shape index (κ1) is 16.2. The molecule has 0 unspecified atom stereocenters. The molecule has 3 nitrogen and oxygen atoms in total. The summed E-state index contributed by atoms with van der Waals surface area (Å²) in [6.45, 7) is 4.25. The number of hydrogen-bond donors (Lipinski definition) is 1. The summed E-state index contributed by atoms with van der Waals surface area (Å²) in [5, 5.41) is 3.66. The minimum Gasteiger partial charge on any atom is -0.495 e. The van der Waals surface area contributed by atoms with Crippen LogP contribution in [0.1, 0.15) is 51.0 Å². The van der Waals surface area contributed by atoms with Gasteiger partial charge >= 0.3 is 0 Å². The third-order valence-corrected chi connectivity index (χ3v) is 4.45. The summed E-state index contributed by atoms with van der Waals surface area (Å²) in [4.78, 5) is 2.29. The number of anilines is 1. The van der Waals surface area contributed by atoms with Crippen molar-refractivity contribution in [1.82, 2.24) is 5.32 Å². The summed E-state index contributed by atoms with van der Waals surface area (Å²) >= 11 is 0. The van der Waals surface area contributed by atoms with Gasteiger partial charge in [0.2, 0.25) is 0 Å². The highest BCUT2D eigenvalue weighted by Gasteiger charge is 2.14. The molecule has 1 aromatic carbocycles. The summed E-state index contributed by atoms with van der Waals surface area (Å²) < 4.78 is 5.59. The van der Waals surface area contributed by atoms with E-state index >= 15 is 0 Å². The summed E-state index contributed by atoms with van der Waals surface area (Å²) in [6, 6.07) is 7.31. The molecule has 0 heterocycles. The second-order valence-electron chi connectivity index (χ2n) is 6.14. The van der Waals surface area contributed by atoms with Crippen LogP contribution in [0.4, 0.5) is 5.69 Å². The van der Waals surface area contributed by atoms with Gasteiger partial charge in [0.05, 0.1) is 12.8 Å². The van der Waals surface area contributed by atoms with Crippen LogP contribution >= 0.6 is 0 Å². The minimum absolute atomic E-state index is 0.711. The summed E-state index contributed by atoms with van der Waals surface area (Å²) in [5.74, 6) is 0.985. The Morgan fingerprint density at radius 2 is 2.05 bits per heavy atom. The summed E-state index contributed by atoms with van der Waals surface area (Å²) in [6.07, 6.45) is 7.84. The van der Waals surface area contributed by atoms with Gasteiger partial charge in [0.1, 0.15) is 5.75 Å². The van der Waals surface area contributed by atoms with Gasteiger partial charge in [-0.05, 0) is 37.0 Å². The lowest BCUT2D eigenvalue weighted by molar-refractivity contribution is 0.413. The second kappa shape index (κ2) is 8.28. The van der Waals surface area contributed by atoms with Crippen LogP contribution in [0.25, 0.3) is 0 Å². The maximum Gasteiger partial charge on any atom is 0.142 e. The monoisotopic (exact) mass is 290 g/mol. The molecule has 1 N–H and O–H groups in total. The van der Waals surface area contributed by atoms with Gasteiger partial charge in [0, 0.05) is 26.2 Å². The van der Waals surface area contributed by atoms with Crippen molar-refractivity contribution >= 4 is 5.69 Å². The van der Waals surface area contributed by atoms with E-state index in [9.17, 15) is 0 Å². The largest absolute Gasteiger partial charge is 0.495 e. The van der Waals surface area contributed by atoms with Crippen molar-refractivity contribution in [3.63, 3.8) is 0 Å². The topological polar surface area (TPSA) is 24.5 Å². The number of nitrogens with zero attached hydrogens (tertiary/aromatic N) is 1. The fourth-order valence-electron chi connectivity index (χ4n) is 3.06. The molecule has 2 rings (SSSR count). The number of unbranched alkanes of at least 4 members (excludes halogenated alkanes) is 1. The highest BCUT2D eigenvalue weighted by Crippen LogP contribution is 2.29. The normalized spacial score (nSPS) is 15.4. The quantitative estimate of drug-likeness (QED) is 0.784. The summed E-state index contributed by atoms with van der Waals surface area (Å²) in [7, 11) is 3.91. The van der Waals surface area contributed by atoms with Gasteiger partial charge in [0.25, 0.3) is 0 Å². The van der Waals surface area contributed by atoms with Crippen LogP contribution in [0.5, 0.6) is 5.75 Å². The second-order valence-corrected chi connectivity index (χ2v) is 6.14. The highest BCUT2D eigenvalue weighted by atomic mass is 16.5. The van der Waals surface area contributed by atoms with E-state index in [1.807, 2.05) is 0 Å². The lowest BCUT2D eigenvalue weighted by Gasteiger charge is -2.22. The molecule has 118 valence electrons. The third kappa shape index (κ3) is 4.63. The van der Waals surface area contributed by atoms with Gasteiger partial charge in [-0.3, -0.25) is 0 Å². The Kier molecular flexibility index (Phi) is 6.37. The molecular weight excluding hydrogens is 260 g/mol. The number of rotatable bonds is 8. The van der Waals surface area contributed by atoms with E-state index in [1.54, 1.807) is 7.11 Å². The number of nitrogens with one attached hydrogen (secondary N) is 1. The molecule has 0 bridgehead atoms. The molecule has 1 aromatic rings. The zero-order valence-electron chi connectivity index (χ0n) is 13.8. The molecular formula is C18H30N2O. The van der Waals surface area contributed by atoms with Gasteiger partial charge in [-0.15, -0.1) is 0 Å². The van der Waals surface area contributed by atoms with E-state index in [4.69, 9.17) is 4.74 Å². The molecule has 1 aliphatic rings. The standard InChI is InChI=1S/C18H30N2O/c1-4-5-12-20(2)17-11-10-15(13-18(17)21-3)14-19-16-8-6-7-9-16/h10-11,13,16,19H,4-9,12,14H2,1-3H3. The van der Waals surface area contributed by atoms with Crippen LogP contribution in [0.15, 0.2) is 18.2 Å². The van der Waals surface area contributed by atoms with Crippen molar-refractivity contribution in [3.05, 3.63) is 23.8 Å². The number of benzene rings is 1. The van der Waals surface area contributed by atoms with Gasteiger partial charge in [-0.2, -0.15) is 0 Å². The van der Waals surface area contributed by atoms with Crippen molar-refractivity contribution in [1.29, 1.82) is 0 Å². The van der Waals surface area contributed by atoms with E-state index in [0.29, 0.717) is 6.04 Å². The highest BCUT2D eigenvalue weighted by molar-refractivity contribution is 5.59. The molecule has 1 saturated carbocycles. The average Bonchev–Trinajstić information content (AvgIpc) is 3.03. The zero-order chi connectivity index (χ0) is 15.1. The van der Waals surface area contributed by atoms with Crippen molar-refractivity contribution in [2.75, 3.05) is 25.6 Å². The average molecular weight is 290 g/mol. The number of methoxy groups -OCH3 is 1. The van der Waals surface area contributed by atoms with E-state index in [0.717, 1.165) is 18.8 Å². The first-order chi connectivity index (χ1) is 10.2. The predicted octanol–water partition coefficient (Wildman–Crippen LogP) is 3.96. The van der Waals surface area contributed by atoms with Crippen molar-refractivity contribution in [2.24, 2.45) is 0 Å².